The second-order valence-electron chi connectivity index (χ2n) is 8.47. The van der Waals surface area contributed by atoms with Crippen LogP contribution in [0.4, 0.5) is 0 Å². The van der Waals surface area contributed by atoms with Crippen LogP contribution in [0.15, 0.2) is 0 Å². The SMILES string of the molecule is CCCCCCCCCCCCCCOCCCCC(=O)NCCCN(C)C. The van der Waals surface area contributed by atoms with Crippen LogP contribution in [0.3, 0.4) is 0 Å². The lowest BCUT2D eigenvalue weighted by molar-refractivity contribution is -0.121. The highest BCUT2D eigenvalue weighted by Crippen LogP contribution is 2.12. The molecule has 0 aliphatic heterocycles. The van der Waals surface area contributed by atoms with E-state index in [1.54, 1.807) is 0 Å². The van der Waals surface area contributed by atoms with Crippen molar-refractivity contribution in [3.05, 3.63) is 0 Å². The molecule has 0 spiro atoms. The Hall–Kier alpha value is -0.610. The molecule has 4 nitrogen and oxygen atoms in total. The van der Waals surface area contributed by atoms with E-state index in [0.29, 0.717) is 6.42 Å². The summed E-state index contributed by atoms with van der Waals surface area (Å²) in [5.41, 5.74) is 0. The van der Waals surface area contributed by atoms with Crippen molar-refractivity contribution in [2.75, 3.05) is 40.4 Å². The first-order chi connectivity index (χ1) is 13.7. The summed E-state index contributed by atoms with van der Waals surface area (Å²) in [6, 6.07) is 0. The highest BCUT2D eigenvalue weighted by molar-refractivity contribution is 5.75. The number of unbranched alkanes of at least 4 members (excludes halogenated alkanes) is 12. The minimum absolute atomic E-state index is 0.180. The van der Waals surface area contributed by atoms with Gasteiger partial charge in [0.1, 0.15) is 0 Å². The van der Waals surface area contributed by atoms with E-state index in [0.717, 1.165) is 45.6 Å². The fourth-order valence-corrected chi connectivity index (χ4v) is 3.35. The molecule has 168 valence electrons. The van der Waals surface area contributed by atoms with Gasteiger partial charge >= 0.3 is 0 Å². The number of rotatable bonds is 22. The van der Waals surface area contributed by atoms with Crippen LogP contribution >= 0.6 is 0 Å². The van der Waals surface area contributed by atoms with Crippen molar-refractivity contribution < 1.29 is 9.53 Å². The van der Waals surface area contributed by atoms with Crippen molar-refractivity contribution in [1.29, 1.82) is 0 Å². The highest BCUT2D eigenvalue weighted by Gasteiger charge is 2.01. The third-order valence-corrected chi connectivity index (χ3v) is 5.19. The molecule has 0 atom stereocenters. The number of hydrogen-bond donors (Lipinski definition) is 1. The Morgan fingerprint density at radius 3 is 1.75 bits per heavy atom. The fraction of sp³-hybridized carbons (Fsp3) is 0.958. The van der Waals surface area contributed by atoms with Gasteiger partial charge in [-0.2, -0.15) is 0 Å². The largest absolute Gasteiger partial charge is 0.381 e. The van der Waals surface area contributed by atoms with Gasteiger partial charge < -0.3 is 15.0 Å². The Morgan fingerprint density at radius 1 is 0.714 bits per heavy atom. The Kier molecular flexibility index (Phi) is 22.2. The van der Waals surface area contributed by atoms with Crippen molar-refractivity contribution in [3.8, 4) is 0 Å². The van der Waals surface area contributed by atoms with Crippen LogP contribution in [0.25, 0.3) is 0 Å². The van der Waals surface area contributed by atoms with E-state index in [-0.39, 0.29) is 5.91 Å². The first-order valence-electron chi connectivity index (χ1n) is 12.2. The predicted molar refractivity (Wildman–Crippen MR) is 122 cm³/mol. The lowest BCUT2D eigenvalue weighted by Crippen LogP contribution is -2.26. The third-order valence-electron chi connectivity index (χ3n) is 5.19. The number of nitrogens with one attached hydrogen (secondary N) is 1. The number of carbonyl (C=O) groups is 1. The average Bonchev–Trinajstić information content (AvgIpc) is 2.67. The molecule has 0 aromatic heterocycles. The van der Waals surface area contributed by atoms with Gasteiger partial charge in [0.05, 0.1) is 0 Å². The predicted octanol–water partition coefficient (Wildman–Crippen LogP) is 5.94. The monoisotopic (exact) mass is 398 g/mol. The molecule has 0 heterocycles. The molecule has 0 saturated heterocycles. The normalized spacial score (nSPS) is 11.3. The van der Waals surface area contributed by atoms with Gasteiger partial charge in [-0.15, -0.1) is 0 Å². The molecule has 1 amide bonds. The molecule has 0 aliphatic carbocycles. The van der Waals surface area contributed by atoms with E-state index in [1.165, 1.54) is 77.0 Å². The van der Waals surface area contributed by atoms with Gasteiger partial charge in [-0.05, 0) is 46.3 Å². The van der Waals surface area contributed by atoms with Crippen LogP contribution in [0.1, 0.15) is 110 Å². The summed E-state index contributed by atoms with van der Waals surface area (Å²) in [5.74, 6) is 0.180. The minimum Gasteiger partial charge on any atom is -0.381 e. The van der Waals surface area contributed by atoms with Gasteiger partial charge in [-0.25, -0.2) is 0 Å². The van der Waals surface area contributed by atoms with Gasteiger partial charge in [0.25, 0.3) is 0 Å². The standard InChI is InChI=1S/C24H50N2O2/c1-4-5-6-7-8-9-10-11-12-13-14-16-22-28-23-17-15-19-24(27)25-20-18-21-26(2)3/h4-23H2,1-3H3,(H,25,27). The van der Waals surface area contributed by atoms with Gasteiger partial charge in [-0.1, -0.05) is 77.6 Å². The topological polar surface area (TPSA) is 41.6 Å². The summed E-state index contributed by atoms with van der Waals surface area (Å²) in [6.07, 6.45) is 20.1. The maximum atomic E-state index is 11.7. The van der Waals surface area contributed by atoms with Crippen LogP contribution < -0.4 is 5.32 Å². The van der Waals surface area contributed by atoms with Gasteiger partial charge in [-0.3, -0.25) is 4.79 Å². The quantitative estimate of drug-likeness (QED) is 0.229. The number of carbonyl (C=O) groups excluding carboxylic acids is 1. The Bertz CT molecular complexity index is 322. The smallest absolute Gasteiger partial charge is 0.219 e. The summed E-state index contributed by atoms with van der Waals surface area (Å²) in [7, 11) is 4.11. The van der Waals surface area contributed by atoms with Crippen LogP contribution in [0.2, 0.25) is 0 Å². The van der Waals surface area contributed by atoms with E-state index in [2.05, 4.69) is 31.2 Å². The zero-order valence-corrected chi connectivity index (χ0v) is 19.4. The van der Waals surface area contributed by atoms with Crippen molar-refractivity contribution in [2.24, 2.45) is 0 Å². The molecule has 0 unspecified atom stereocenters. The summed E-state index contributed by atoms with van der Waals surface area (Å²) in [6.45, 7) is 5.77. The molecule has 28 heavy (non-hydrogen) atoms. The molecule has 0 aliphatic rings. The van der Waals surface area contributed by atoms with E-state index in [4.69, 9.17) is 4.74 Å². The molecule has 1 N–H and O–H groups in total. The van der Waals surface area contributed by atoms with Gasteiger partial charge in [0, 0.05) is 26.2 Å². The lowest BCUT2D eigenvalue weighted by Gasteiger charge is -2.09. The first-order valence-corrected chi connectivity index (χ1v) is 12.2. The molecule has 0 bridgehead atoms. The second kappa shape index (κ2) is 22.7. The molecule has 0 aromatic rings. The summed E-state index contributed by atoms with van der Waals surface area (Å²) in [5, 5.41) is 2.99. The minimum atomic E-state index is 0.180. The molecule has 0 aromatic carbocycles. The maximum absolute atomic E-state index is 11.7. The van der Waals surface area contributed by atoms with E-state index in [1.807, 2.05) is 0 Å². The molecule has 0 rings (SSSR count). The maximum Gasteiger partial charge on any atom is 0.219 e. The second-order valence-corrected chi connectivity index (χ2v) is 8.47. The van der Waals surface area contributed by atoms with Crippen molar-refractivity contribution in [1.82, 2.24) is 10.2 Å². The van der Waals surface area contributed by atoms with Crippen LogP contribution in [-0.4, -0.2) is 51.2 Å². The third kappa shape index (κ3) is 23.4. The zero-order valence-electron chi connectivity index (χ0n) is 19.4. The van der Waals surface area contributed by atoms with E-state index >= 15 is 0 Å². The highest BCUT2D eigenvalue weighted by atomic mass is 16.5. The van der Waals surface area contributed by atoms with E-state index < -0.39 is 0 Å². The first kappa shape index (κ1) is 27.4. The summed E-state index contributed by atoms with van der Waals surface area (Å²) < 4.78 is 5.69. The Labute approximate surface area is 176 Å². The number of nitrogens with zero attached hydrogens (tertiary/aromatic N) is 1. The lowest BCUT2D eigenvalue weighted by atomic mass is 10.1. The van der Waals surface area contributed by atoms with Gasteiger partial charge in [0.15, 0.2) is 0 Å². The molecule has 0 saturated carbocycles. The van der Waals surface area contributed by atoms with Crippen LogP contribution in [0, 0.1) is 0 Å². The summed E-state index contributed by atoms with van der Waals surface area (Å²) in [4.78, 5) is 13.8. The Morgan fingerprint density at radius 2 is 1.21 bits per heavy atom. The summed E-state index contributed by atoms with van der Waals surface area (Å²) >= 11 is 0. The molecule has 0 fully saturated rings. The van der Waals surface area contributed by atoms with Crippen molar-refractivity contribution >= 4 is 5.91 Å². The van der Waals surface area contributed by atoms with Crippen LogP contribution in [-0.2, 0) is 9.53 Å². The number of ether oxygens (including phenoxy) is 1. The molecular weight excluding hydrogens is 348 g/mol. The average molecular weight is 399 g/mol. The van der Waals surface area contributed by atoms with Crippen LogP contribution in [0.5, 0.6) is 0 Å². The van der Waals surface area contributed by atoms with Crippen molar-refractivity contribution in [3.63, 3.8) is 0 Å². The Balaban J connectivity index is 3.11. The molecule has 4 heteroatoms. The van der Waals surface area contributed by atoms with Gasteiger partial charge in [0.2, 0.25) is 5.91 Å². The van der Waals surface area contributed by atoms with Crippen molar-refractivity contribution in [2.45, 2.75) is 110 Å². The number of amides is 1. The number of hydrogen-bond acceptors (Lipinski definition) is 3. The zero-order chi connectivity index (χ0) is 20.7. The molecular formula is C24H50N2O2. The van der Waals surface area contributed by atoms with E-state index in [9.17, 15) is 4.79 Å². The fourth-order valence-electron chi connectivity index (χ4n) is 3.35. The molecule has 0 radical (unpaired) electrons.